The molecule has 2 aromatic heterocycles. The van der Waals surface area contributed by atoms with Crippen LogP contribution in [0.5, 0.6) is 0 Å². The highest BCUT2D eigenvalue weighted by Gasteiger charge is 2.46. The third kappa shape index (κ3) is 7.39. The molecular formula is C31H38ClN5O7S2. The van der Waals surface area contributed by atoms with Crippen LogP contribution in [0.15, 0.2) is 36.8 Å². The number of nitrogens with two attached hydrogens (primary N) is 2. The number of nitrogens with one attached hydrogen (secondary N) is 1. The molecule has 46 heavy (non-hydrogen) atoms. The van der Waals surface area contributed by atoms with E-state index in [9.17, 15) is 13.2 Å². The Labute approximate surface area is 277 Å². The molecule has 6 rings (SSSR count). The molecule has 0 amide bonds. The van der Waals surface area contributed by atoms with Gasteiger partial charge in [-0.2, -0.15) is 8.42 Å². The van der Waals surface area contributed by atoms with Gasteiger partial charge in [-0.15, -0.1) is 11.3 Å². The molecule has 3 aromatic rings. The second kappa shape index (κ2) is 13.4. The van der Waals surface area contributed by atoms with Gasteiger partial charge in [-0.3, -0.25) is 8.98 Å². The van der Waals surface area contributed by atoms with Crippen molar-refractivity contribution in [2.75, 3.05) is 18.5 Å². The quantitative estimate of drug-likeness (QED) is 0.193. The Morgan fingerprint density at radius 2 is 2.00 bits per heavy atom. The number of aromatic nitrogens is 2. The lowest BCUT2D eigenvalue weighted by Gasteiger charge is -2.26. The number of epoxide rings is 1. The van der Waals surface area contributed by atoms with Gasteiger partial charge in [0, 0.05) is 44.9 Å². The Morgan fingerprint density at radius 1 is 1.20 bits per heavy atom. The van der Waals surface area contributed by atoms with Crippen LogP contribution >= 0.6 is 22.9 Å². The van der Waals surface area contributed by atoms with E-state index in [1.54, 1.807) is 17.5 Å². The molecule has 15 heteroatoms. The monoisotopic (exact) mass is 691 g/mol. The van der Waals surface area contributed by atoms with Gasteiger partial charge in [0.25, 0.3) is 0 Å². The lowest BCUT2D eigenvalue weighted by molar-refractivity contribution is -0.153. The maximum absolute atomic E-state index is 12.7. The van der Waals surface area contributed by atoms with Crippen LogP contribution in [0.3, 0.4) is 0 Å². The number of fused-ring (bicyclic) bond motifs is 1. The number of halogens is 1. The highest BCUT2D eigenvalue weighted by Crippen LogP contribution is 2.55. The number of benzene rings is 1. The molecule has 2 aliphatic heterocycles. The van der Waals surface area contributed by atoms with Gasteiger partial charge in [0.1, 0.15) is 42.6 Å². The van der Waals surface area contributed by atoms with E-state index in [-0.39, 0.29) is 36.9 Å². The number of aryl methyl sites for hydroxylation is 1. The molecule has 2 unspecified atom stereocenters. The Kier molecular flexibility index (Phi) is 9.70. The van der Waals surface area contributed by atoms with Crippen molar-refractivity contribution in [2.45, 2.75) is 76.5 Å². The minimum atomic E-state index is -4.17. The summed E-state index contributed by atoms with van der Waals surface area (Å²) in [4.78, 5) is 23.7. The predicted octanol–water partition coefficient (Wildman–Crippen LogP) is 4.28. The molecule has 1 aromatic carbocycles. The highest BCUT2D eigenvalue weighted by atomic mass is 35.5. The van der Waals surface area contributed by atoms with Crippen molar-refractivity contribution in [3.8, 4) is 0 Å². The van der Waals surface area contributed by atoms with Gasteiger partial charge in [0.05, 0.1) is 13.2 Å². The first-order valence-electron chi connectivity index (χ1n) is 15.2. The zero-order valence-electron chi connectivity index (χ0n) is 25.7. The Bertz CT molecular complexity index is 1700. The Hall–Kier alpha value is -2.69. The fourth-order valence-corrected chi connectivity index (χ4v) is 7.89. The number of nitrogens with zero attached hydrogens (tertiary/aromatic N) is 2. The predicted molar refractivity (Wildman–Crippen MR) is 172 cm³/mol. The summed E-state index contributed by atoms with van der Waals surface area (Å²) in [5.41, 5.74) is 10.3. The normalized spacial score (nSPS) is 26.5. The average molecular weight is 692 g/mol. The van der Waals surface area contributed by atoms with Crippen molar-refractivity contribution in [3.05, 3.63) is 73.8 Å². The molecule has 1 aliphatic carbocycles. The third-order valence-corrected chi connectivity index (χ3v) is 10.6. The zero-order valence-corrected chi connectivity index (χ0v) is 28.1. The van der Waals surface area contributed by atoms with Gasteiger partial charge in [-0.1, -0.05) is 31.5 Å². The average Bonchev–Trinajstić information content (AvgIpc) is 3.57. The van der Waals surface area contributed by atoms with Crippen LogP contribution in [-0.2, 0) is 39.9 Å². The maximum atomic E-state index is 12.7. The van der Waals surface area contributed by atoms with E-state index in [0.717, 1.165) is 32.9 Å². The largest absolute Gasteiger partial charge is 0.461 e. The van der Waals surface area contributed by atoms with Crippen LogP contribution in [0.4, 0.5) is 5.82 Å². The van der Waals surface area contributed by atoms with E-state index in [2.05, 4.69) is 34.3 Å². The van der Waals surface area contributed by atoms with Crippen LogP contribution in [0.2, 0.25) is 5.02 Å². The SMILES string of the molecule is Cc1sc(C2OC2c2cncnc2N[C@@H]2C[C@H](COS(N)(=O)=O)[C@@H](OC(=O)[C@@H](N)C(C)C)C2)cc1[C@@H]1OCCc2ccc(Cl)cc21. The first kappa shape index (κ1) is 33.2. The number of carbonyl (C=O) groups is 1. The minimum absolute atomic E-state index is 0.121. The van der Waals surface area contributed by atoms with Crippen LogP contribution in [0.25, 0.3) is 0 Å². The van der Waals surface area contributed by atoms with Crippen molar-refractivity contribution in [1.29, 1.82) is 0 Å². The van der Waals surface area contributed by atoms with Crippen molar-refractivity contribution in [3.63, 3.8) is 0 Å². The molecule has 3 aliphatic rings. The van der Waals surface area contributed by atoms with Crippen LogP contribution in [-0.4, -0.2) is 55.8 Å². The summed E-state index contributed by atoms with van der Waals surface area (Å²) >= 11 is 8.02. The molecule has 248 valence electrons. The van der Waals surface area contributed by atoms with Crippen molar-refractivity contribution in [1.82, 2.24) is 9.97 Å². The third-order valence-electron chi connectivity index (χ3n) is 8.80. The minimum Gasteiger partial charge on any atom is -0.461 e. The summed E-state index contributed by atoms with van der Waals surface area (Å²) in [6.45, 7) is 6.16. The zero-order chi connectivity index (χ0) is 32.7. The number of ether oxygens (including phenoxy) is 3. The molecule has 5 N–H and O–H groups in total. The van der Waals surface area contributed by atoms with Crippen molar-refractivity contribution < 1.29 is 31.6 Å². The molecule has 0 spiro atoms. The first-order valence-corrected chi connectivity index (χ1v) is 17.9. The molecule has 2 fully saturated rings. The molecular weight excluding hydrogens is 654 g/mol. The molecule has 1 saturated heterocycles. The summed E-state index contributed by atoms with van der Waals surface area (Å²) in [6, 6.07) is 7.14. The summed E-state index contributed by atoms with van der Waals surface area (Å²) in [5.74, 6) is -0.500. The molecule has 1 saturated carbocycles. The fourth-order valence-electron chi connectivity index (χ4n) is 6.23. The number of hydrogen-bond donors (Lipinski definition) is 3. The number of anilines is 1. The fraction of sp³-hybridized carbons (Fsp3) is 0.516. The number of carbonyl (C=O) groups excluding carboxylic acids is 1. The Balaban J connectivity index is 1.16. The number of hydrogen-bond acceptors (Lipinski definition) is 12. The second-order valence-corrected chi connectivity index (χ2v) is 15.3. The van der Waals surface area contributed by atoms with Crippen LogP contribution in [0.1, 0.15) is 77.0 Å². The van der Waals surface area contributed by atoms with E-state index in [0.29, 0.717) is 30.3 Å². The van der Waals surface area contributed by atoms with Gasteiger partial charge < -0.3 is 25.3 Å². The standard InChI is InChI=1S/C31H38ClN5O7S2/c1-15(2)26(33)31(38)43-24-10-20(8-18(24)13-42-46(34,39)40)37-30-23(12-35-14-36-30)28-29(44-28)25-11-21(16(3)45-25)27-22-9-19(32)5-4-17(22)6-7-41-27/h4-5,9,11-12,14-15,18,20,24,26-29H,6-8,10,13,33H2,1-3H3,(H2,34,39,40)(H,35,36,37)/t18-,20-,24+,26+,27+,28?,29?/m1/s1. The number of rotatable bonds is 11. The van der Waals surface area contributed by atoms with Gasteiger partial charge in [0.2, 0.25) is 0 Å². The molecule has 0 radical (unpaired) electrons. The molecule has 7 atom stereocenters. The van der Waals surface area contributed by atoms with E-state index in [4.69, 9.17) is 40.9 Å². The van der Waals surface area contributed by atoms with E-state index in [1.165, 1.54) is 11.9 Å². The van der Waals surface area contributed by atoms with Gasteiger partial charge in [-0.25, -0.2) is 15.1 Å². The van der Waals surface area contributed by atoms with Crippen molar-refractivity contribution >= 4 is 45.0 Å². The summed E-state index contributed by atoms with van der Waals surface area (Å²) in [5, 5.41) is 9.21. The van der Waals surface area contributed by atoms with Gasteiger partial charge >= 0.3 is 16.3 Å². The molecule has 0 bridgehead atoms. The van der Waals surface area contributed by atoms with E-state index < -0.39 is 34.3 Å². The summed E-state index contributed by atoms with van der Waals surface area (Å²) in [7, 11) is -4.17. The van der Waals surface area contributed by atoms with Crippen LogP contribution in [0, 0.1) is 18.8 Å². The lowest BCUT2D eigenvalue weighted by atomic mass is 9.93. The molecule has 4 heterocycles. The van der Waals surface area contributed by atoms with Gasteiger partial charge in [0.15, 0.2) is 0 Å². The van der Waals surface area contributed by atoms with Gasteiger partial charge in [-0.05, 0) is 60.6 Å². The summed E-state index contributed by atoms with van der Waals surface area (Å²) in [6.07, 6.45) is 3.65. The highest BCUT2D eigenvalue weighted by molar-refractivity contribution is 7.84. The van der Waals surface area contributed by atoms with E-state index in [1.807, 2.05) is 26.0 Å². The van der Waals surface area contributed by atoms with Crippen LogP contribution < -0.4 is 16.2 Å². The van der Waals surface area contributed by atoms with E-state index >= 15 is 0 Å². The summed E-state index contributed by atoms with van der Waals surface area (Å²) < 4.78 is 46.1. The smallest absolute Gasteiger partial charge is 0.333 e. The Morgan fingerprint density at radius 3 is 2.76 bits per heavy atom. The topological polar surface area (TPSA) is 181 Å². The first-order chi connectivity index (χ1) is 21.9. The lowest BCUT2D eigenvalue weighted by Crippen LogP contribution is -2.40. The molecule has 12 nitrogen and oxygen atoms in total. The second-order valence-electron chi connectivity index (χ2n) is 12.4. The van der Waals surface area contributed by atoms with Crippen molar-refractivity contribution in [2.24, 2.45) is 22.7 Å². The maximum Gasteiger partial charge on any atom is 0.333 e. The number of thiophene rings is 1. The number of esters is 1.